The van der Waals surface area contributed by atoms with Crippen LogP contribution in [0.1, 0.15) is 26.3 Å². The van der Waals surface area contributed by atoms with Crippen LogP contribution in [0.15, 0.2) is 30.5 Å². The molecular formula is C15H16BNO2S. The summed E-state index contributed by atoms with van der Waals surface area (Å²) in [6, 6.07) is 8.51. The molecule has 0 atom stereocenters. The number of benzene rings is 1. The van der Waals surface area contributed by atoms with Gasteiger partial charge < -0.3 is 9.68 Å². The Labute approximate surface area is 122 Å². The predicted octanol–water partition coefficient (Wildman–Crippen LogP) is 3.38. The highest BCUT2D eigenvalue weighted by Crippen LogP contribution is 2.39. The lowest BCUT2D eigenvalue weighted by molar-refractivity contribution is 0.447. The fraction of sp³-hybridized carbons (Fsp3) is 0.267. The van der Waals surface area contributed by atoms with E-state index in [1.165, 1.54) is 10.3 Å². The Kier molecular flexibility index (Phi) is 3.19. The van der Waals surface area contributed by atoms with Gasteiger partial charge in [0.2, 0.25) is 5.88 Å². The van der Waals surface area contributed by atoms with Crippen LogP contribution in [0.3, 0.4) is 0 Å². The summed E-state index contributed by atoms with van der Waals surface area (Å²) in [5.74, 6) is 0.500. The Hall–Kier alpha value is -1.59. The quantitative estimate of drug-likeness (QED) is 0.734. The highest BCUT2D eigenvalue weighted by molar-refractivity contribution is 7.25. The van der Waals surface area contributed by atoms with Crippen LogP contribution in [0, 0.1) is 0 Å². The monoisotopic (exact) mass is 285 g/mol. The summed E-state index contributed by atoms with van der Waals surface area (Å²) in [5, 5.41) is 11.1. The predicted molar refractivity (Wildman–Crippen MR) is 85.8 cm³/mol. The van der Waals surface area contributed by atoms with Crippen molar-refractivity contribution in [2.24, 2.45) is 0 Å². The van der Waals surface area contributed by atoms with Crippen LogP contribution in [0.25, 0.3) is 20.2 Å². The number of aromatic nitrogens is 1. The summed E-state index contributed by atoms with van der Waals surface area (Å²) in [5.41, 5.74) is 1.45. The molecule has 2 aromatic heterocycles. The van der Waals surface area contributed by atoms with Gasteiger partial charge in [0.1, 0.15) is 0 Å². The number of rotatable bonds is 2. The topological polar surface area (TPSA) is 42.4 Å². The Morgan fingerprint density at radius 2 is 2.00 bits per heavy atom. The molecule has 3 nitrogen and oxygen atoms in total. The third-order valence-corrected chi connectivity index (χ3v) is 4.53. The summed E-state index contributed by atoms with van der Waals surface area (Å²) < 4.78 is 7.59. The van der Waals surface area contributed by atoms with Crippen LogP contribution in [-0.4, -0.2) is 17.7 Å². The number of nitrogens with zero attached hydrogens (tertiary/aromatic N) is 1. The molecule has 0 fully saturated rings. The first-order valence-corrected chi connectivity index (χ1v) is 7.38. The van der Waals surface area contributed by atoms with Crippen molar-refractivity contribution in [2.75, 3.05) is 0 Å². The number of pyridine rings is 1. The fourth-order valence-electron chi connectivity index (χ4n) is 2.33. The molecule has 3 aromatic rings. The van der Waals surface area contributed by atoms with Crippen LogP contribution in [0.4, 0.5) is 0 Å². The molecule has 0 saturated carbocycles. The van der Waals surface area contributed by atoms with Crippen molar-refractivity contribution in [3.63, 3.8) is 0 Å². The second-order valence-corrected chi connectivity index (χ2v) is 6.91. The molecule has 0 aliphatic rings. The van der Waals surface area contributed by atoms with Gasteiger partial charge in [-0.15, -0.1) is 11.3 Å². The van der Waals surface area contributed by atoms with Crippen LogP contribution in [0.5, 0.6) is 5.88 Å². The van der Waals surface area contributed by atoms with E-state index in [1.807, 2.05) is 6.07 Å². The van der Waals surface area contributed by atoms with Gasteiger partial charge in [0, 0.05) is 21.0 Å². The molecular weight excluding hydrogens is 269 g/mol. The third kappa shape index (κ3) is 2.17. The molecule has 3 rings (SSSR count). The Morgan fingerprint density at radius 3 is 2.70 bits per heavy atom. The zero-order valence-electron chi connectivity index (χ0n) is 11.8. The summed E-state index contributed by atoms with van der Waals surface area (Å²) >= 11 is 1.73. The maximum atomic E-state index is 8.98. The van der Waals surface area contributed by atoms with Crippen LogP contribution in [0.2, 0.25) is 0 Å². The van der Waals surface area contributed by atoms with Crippen LogP contribution in [-0.2, 0) is 5.41 Å². The summed E-state index contributed by atoms with van der Waals surface area (Å²) in [7, 11) is -0.358. The largest absolute Gasteiger partial charge is 0.524 e. The van der Waals surface area contributed by atoms with E-state index in [1.54, 1.807) is 17.5 Å². The average molecular weight is 285 g/mol. The van der Waals surface area contributed by atoms with Gasteiger partial charge in [-0.1, -0.05) is 32.9 Å². The molecule has 0 aliphatic carbocycles. The van der Waals surface area contributed by atoms with E-state index in [2.05, 4.69) is 44.0 Å². The Morgan fingerprint density at radius 1 is 1.20 bits per heavy atom. The zero-order valence-corrected chi connectivity index (χ0v) is 12.6. The molecule has 0 aliphatic heterocycles. The SMILES string of the molecule is CC(C)(C)c1ccc2c(c1)sc1ccnc(OBO)c12. The standard InChI is InChI=1S/C15H16BNO2S/c1-15(2,3)9-4-5-10-12(8-9)20-11-6-7-17-14(13(10)11)19-16-18/h4-8,16,18H,1-3H3. The Bertz CT molecular complexity index is 776. The first-order chi connectivity index (χ1) is 9.50. The molecule has 1 aromatic carbocycles. The summed E-state index contributed by atoms with van der Waals surface area (Å²) in [6.45, 7) is 6.63. The van der Waals surface area contributed by atoms with E-state index in [0.717, 1.165) is 15.5 Å². The van der Waals surface area contributed by atoms with E-state index in [-0.39, 0.29) is 13.1 Å². The van der Waals surface area contributed by atoms with Gasteiger partial charge in [0.25, 0.3) is 0 Å². The van der Waals surface area contributed by atoms with Crippen molar-refractivity contribution in [3.8, 4) is 5.88 Å². The molecule has 20 heavy (non-hydrogen) atoms. The molecule has 0 amide bonds. The van der Waals surface area contributed by atoms with Gasteiger partial charge in [-0.3, -0.25) is 0 Å². The maximum Gasteiger partial charge on any atom is 0.505 e. The minimum Gasteiger partial charge on any atom is -0.524 e. The van der Waals surface area contributed by atoms with Gasteiger partial charge in [-0.05, 0) is 23.1 Å². The van der Waals surface area contributed by atoms with E-state index in [9.17, 15) is 0 Å². The minimum atomic E-state index is -0.358. The molecule has 0 bridgehead atoms. The van der Waals surface area contributed by atoms with Crippen LogP contribution < -0.4 is 4.65 Å². The summed E-state index contributed by atoms with van der Waals surface area (Å²) in [4.78, 5) is 4.21. The van der Waals surface area contributed by atoms with Crippen molar-refractivity contribution in [1.82, 2.24) is 4.98 Å². The lowest BCUT2D eigenvalue weighted by Gasteiger charge is -2.18. The maximum absolute atomic E-state index is 8.98. The number of fused-ring (bicyclic) bond motifs is 3. The fourth-order valence-corrected chi connectivity index (χ4v) is 3.46. The van der Waals surface area contributed by atoms with E-state index < -0.39 is 0 Å². The zero-order chi connectivity index (χ0) is 14.3. The lowest BCUT2D eigenvalue weighted by atomic mass is 9.87. The number of hydrogen-bond acceptors (Lipinski definition) is 4. The highest BCUT2D eigenvalue weighted by atomic mass is 32.1. The first kappa shape index (κ1) is 13.4. The van der Waals surface area contributed by atoms with Crippen LogP contribution >= 0.6 is 11.3 Å². The second-order valence-electron chi connectivity index (χ2n) is 5.83. The second kappa shape index (κ2) is 4.75. The van der Waals surface area contributed by atoms with Gasteiger partial charge in [0.15, 0.2) is 0 Å². The minimum absolute atomic E-state index is 0.132. The van der Waals surface area contributed by atoms with Gasteiger partial charge in [-0.25, -0.2) is 4.98 Å². The van der Waals surface area contributed by atoms with Crippen molar-refractivity contribution < 1.29 is 9.68 Å². The van der Waals surface area contributed by atoms with Crippen molar-refractivity contribution >= 4 is 39.2 Å². The van der Waals surface area contributed by atoms with E-state index in [4.69, 9.17) is 9.68 Å². The first-order valence-electron chi connectivity index (χ1n) is 6.56. The summed E-state index contributed by atoms with van der Waals surface area (Å²) in [6.07, 6.45) is 1.72. The average Bonchev–Trinajstić information content (AvgIpc) is 2.76. The molecule has 5 heteroatoms. The van der Waals surface area contributed by atoms with E-state index >= 15 is 0 Å². The van der Waals surface area contributed by atoms with Crippen molar-refractivity contribution in [2.45, 2.75) is 26.2 Å². The van der Waals surface area contributed by atoms with E-state index in [0.29, 0.717) is 5.88 Å². The molecule has 0 unspecified atom stereocenters. The van der Waals surface area contributed by atoms with Gasteiger partial charge >= 0.3 is 7.69 Å². The van der Waals surface area contributed by atoms with Gasteiger partial charge in [-0.2, -0.15) is 0 Å². The molecule has 0 spiro atoms. The molecule has 0 radical (unpaired) electrons. The third-order valence-electron chi connectivity index (χ3n) is 3.42. The normalized spacial score (nSPS) is 12.0. The van der Waals surface area contributed by atoms with Gasteiger partial charge in [0.05, 0.1) is 5.39 Å². The Balaban J connectivity index is 2.29. The molecule has 0 saturated heterocycles. The number of thiophene rings is 1. The molecule has 1 N–H and O–H groups in total. The molecule has 2 heterocycles. The van der Waals surface area contributed by atoms with Crippen molar-refractivity contribution in [3.05, 3.63) is 36.0 Å². The smallest absolute Gasteiger partial charge is 0.505 e. The lowest BCUT2D eigenvalue weighted by Crippen LogP contribution is -2.10. The number of hydrogen-bond donors (Lipinski definition) is 1. The highest BCUT2D eigenvalue weighted by Gasteiger charge is 2.17. The van der Waals surface area contributed by atoms with Crippen molar-refractivity contribution in [1.29, 1.82) is 0 Å². The molecule has 102 valence electrons.